The Morgan fingerprint density at radius 3 is 2.00 bits per heavy atom. The van der Waals surface area contributed by atoms with Gasteiger partial charge in [-0.25, -0.2) is 9.55 Å². The number of phosphoric acid groups is 1. The van der Waals surface area contributed by atoms with E-state index in [9.17, 15) is 31.4 Å². The van der Waals surface area contributed by atoms with E-state index in [-0.39, 0.29) is 29.5 Å². The molecule has 0 spiro atoms. The predicted molar refractivity (Wildman–Crippen MR) is 103 cm³/mol. The number of aliphatic hydroxyl groups is 1. The van der Waals surface area contributed by atoms with Gasteiger partial charge < -0.3 is 25.1 Å². The number of hydrogen-bond acceptors (Lipinski definition) is 4. The van der Waals surface area contributed by atoms with Crippen molar-refractivity contribution in [2.75, 3.05) is 6.54 Å². The first-order valence-electron chi connectivity index (χ1n) is 8.99. The molecule has 2 aromatic rings. The number of rotatable bonds is 4. The summed E-state index contributed by atoms with van der Waals surface area (Å²) in [4.78, 5) is 24.8. The molecule has 2 rings (SSSR count). The van der Waals surface area contributed by atoms with E-state index in [1.807, 2.05) is 20.8 Å². The molecule has 0 aliphatic rings. The zero-order chi connectivity index (χ0) is 25.1. The van der Waals surface area contributed by atoms with Gasteiger partial charge in [-0.15, -0.1) is 0 Å². The first-order chi connectivity index (χ1) is 14.2. The maximum Gasteiger partial charge on any atom is 0.466 e. The molecule has 1 aromatic heterocycles. The highest BCUT2D eigenvalue weighted by Crippen LogP contribution is 2.39. The molecule has 0 aliphatic carbocycles. The number of nitrogens with zero attached hydrogens (tertiary/aromatic N) is 1. The van der Waals surface area contributed by atoms with Crippen LogP contribution in [0.2, 0.25) is 0 Å². The Hall–Kier alpha value is -1.76. The zero-order valence-electron chi connectivity index (χ0n) is 17.2. The van der Waals surface area contributed by atoms with Gasteiger partial charge in [0.25, 0.3) is 0 Å². The summed E-state index contributed by atoms with van der Waals surface area (Å²) in [5.74, 6) is 0. The van der Waals surface area contributed by atoms with Crippen molar-refractivity contribution in [3.8, 4) is 0 Å². The minimum atomic E-state index is -4.94. The fourth-order valence-electron chi connectivity index (χ4n) is 2.66. The second-order valence-electron chi connectivity index (χ2n) is 7.79. The van der Waals surface area contributed by atoms with Crippen LogP contribution in [0.4, 0.5) is 26.3 Å². The number of benzene rings is 1. The van der Waals surface area contributed by atoms with Crippen LogP contribution in [-0.2, 0) is 16.9 Å². The number of hydrogen-bond donors (Lipinski definition) is 5. The van der Waals surface area contributed by atoms with Crippen molar-refractivity contribution in [2.24, 2.45) is 0 Å². The van der Waals surface area contributed by atoms with Crippen molar-refractivity contribution in [1.29, 1.82) is 0 Å². The number of halogens is 6. The Kier molecular flexibility index (Phi) is 8.85. The zero-order valence-corrected chi connectivity index (χ0v) is 18.1. The quantitative estimate of drug-likeness (QED) is 0.321. The van der Waals surface area contributed by atoms with Crippen molar-refractivity contribution in [3.05, 3.63) is 41.1 Å². The second-order valence-corrected chi connectivity index (χ2v) is 8.82. The molecule has 32 heavy (non-hydrogen) atoms. The van der Waals surface area contributed by atoms with Crippen molar-refractivity contribution in [1.82, 2.24) is 10.3 Å². The lowest BCUT2D eigenvalue weighted by molar-refractivity contribution is -0.142. The van der Waals surface area contributed by atoms with Crippen LogP contribution in [0.5, 0.6) is 0 Å². The maximum absolute atomic E-state index is 13.2. The third-order valence-electron chi connectivity index (χ3n) is 3.90. The Morgan fingerprint density at radius 1 is 1.03 bits per heavy atom. The van der Waals surface area contributed by atoms with Crippen molar-refractivity contribution in [3.63, 3.8) is 0 Å². The molecule has 0 radical (unpaired) electrons. The molecular formula is C18H23F6N2O5P. The third-order valence-corrected chi connectivity index (χ3v) is 3.90. The Balaban J connectivity index is 0.000000920. The van der Waals surface area contributed by atoms with Gasteiger partial charge >= 0.3 is 20.2 Å². The summed E-state index contributed by atoms with van der Waals surface area (Å²) in [6.45, 7) is 5.89. The molecule has 0 bridgehead atoms. The van der Waals surface area contributed by atoms with Crippen LogP contribution < -0.4 is 5.32 Å². The molecule has 182 valence electrons. The topological polar surface area (TPSA) is 123 Å². The monoisotopic (exact) mass is 492 g/mol. The summed E-state index contributed by atoms with van der Waals surface area (Å²) in [5.41, 5.74) is -4.07. The standard InChI is InChI=1S/C18H20F6N2O.H3O4P/c1-16(2,3)25-8-7-13(27)11-9-14(18(22,23)24)26-15-10(11)5-4-6-12(15)17(19,20)21;1-5(2,3)4/h4-6,9,13,25,27H,7-8H2,1-3H3;(H3,1,2,3,4)/t13-;/m1./s1. The molecule has 0 saturated heterocycles. The highest BCUT2D eigenvalue weighted by Gasteiger charge is 2.37. The van der Waals surface area contributed by atoms with Crippen LogP contribution >= 0.6 is 7.82 Å². The van der Waals surface area contributed by atoms with Gasteiger partial charge in [-0.3, -0.25) is 0 Å². The number of fused-ring (bicyclic) bond motifs is 1. The lowest BCUT2D eigenvalue weighted by atomic mass is 9.97. The summed E-state index contributed by atoms with van der Waals surface area (Å²) >= 11 is 0. The molecular weight excluding hydrogens is 469 g/mol. The Bertz CT molecular complexity index is 961. The van der Waals surface area contributed by atoms with Crippen LogP contribution in [0.3, 0.4) is 0 Å². The van der Waals surface area contributed by atoms with E-state index in [2.05, 4.69) is 10.3 Å². The summed E-state index contributed by atoms with van der Waals surface area (Å²) in [7, 11) is -4.64. The summed E-state index contributed by atoms with van der Waals surface area (Å²) in [5, 5.41) is 13.3. The van der Waals surface area contributed by atoms with Crippen molar-refractivity contribution < 1.29 is 50.7 Å². The Morgan fingerprint density at radius 2 is 1.56 bits per heavy atom. The largest absolute Gasteiger partial charge is 0.466 e. The van der Waals surface area contributed by atoms with Crippen LogP contribution in [-0.4, -0.2) is 36.9 Å². The van der Waals surface area contributed by atoms with E-state index >= 15 is 0 Å². The van der Waals surface area contributed by atoms with Gasteiger partial charge in [-0.05, 0) is 51.4 Å². The fourth-order valence-corrected chi connectivity index (χ4v) is 2.66. The smallest absolute Gasteiger partial charge is 0.388 e. The van der Waals surface area contributed by atoms with Gasteiger partial charge in [-0.1, -0.05) is 12.1 Å². The van der Waals surface area contributed by atoms with Crippen LogP contribution in [0, 0.1) is 0 Å². The number of para-hydroxylation sites is 1. The van der Waals surface area contributed by atoms with E-state index in [0.717, 1.165) is 6.07 Å². The number of nitrogens with one attached hydrogen (secondary N) is 1. The number of pyridine rings is 1. The average molecular weight is 492 g/mol. The third kappa shape index (κ3) is 9.39. The van der Waals surface area contributed by atoms with Crippen LogP contribution in [0.25, 0.3) is 10.9 Å². The number of aromatic nitrogens is 1. The molecule has 0 saturated carbocycles. The predicted octanol–water partition coefficient (Wildman–Crippen LogP) is 4.16. The first kappa shape index (κ1) is 28.3. The highest BCUT2D eigenvalue weighted by atomic mass is 31.2. The molecule has 14 heteroatoms. The highest BCUT2D eigenvalue weighted by molar-refractivity contribution is 7.45. The van der Waals surface area contributed by atoms with Gasteiger partial charge in [0.05, 0.1) is 17.2 Å². The summed E-state index contributed by atoms with van der Waals surface area (Å²) in [6.07, 6.45) is -11.2. The van der Waals surface area contributed by atoms with Crippen LogP contribution in [0.1, 0.15) is 50.1 Å². The van der Waals surface area contributed by atoms with Crippen molar-refractivity contribution >= 4 is 18.7 Å². The van der Waals surface area contributed by atoms with E-state index in [1.54, 1.807) is 0 Å². The first-order valence-corrected chi connectivity index (χ1v) is 10.6. The van der Waals surface area contributed by atoms with Crippen LogP contribution in [0.15, 0.2) is 24.3 Å². The molecule has 1 heterocycles. The van der Waals surface area contributed by atoms with E-state index in [1.165, 1.54) is 6.07 Å². The van der Waals surface area contributed by atoms with E-state index < -0.39 is 43.1 Å². The molecule has 1 atom stereocenters. The maximum atomic E-state index is 13.2. The minimum absolute atomic E-state index is 0.0317. The summed E-state index contributed by atoms with van der Waals surface area (Å²) < 4.78 is 88.0. The molecule has 7 nitrogen and oxygen atoms in total. The average Bonchev–Trinajstić information content (AvgIpc) is 2.55. The molecule has 0 amide bonds. The van der Waals surface area contributed by atoms with E-state index in [0.29, 0.717) is 12.1 Å². The van der Waals surface area contributed by atoms with Gasteiger partial charge in [0.2, 0.25) is 0 Å². The number of aliphatic hydroxyl groups excluding tert-OH is 1. The minimum Gasteiger partial charge on any atom is -0.388 e. The van der Waals surface area contributed by atoms with E-state index in [4.69, 9.17) is 19.2 Å². The molecule has 0 aliphatic heterocycles. The van der Waals surface area contributed by atoms with Gasteiger partial charge in [0.15, 0.2) is 0 Å². The van der Waals surface area contributed by atoms with Gasteiger partial charge in [-0.2, -0.15) is 26.3 Å². The molecule has 1 aromatic carbocycles. The SMILES string of the molecule is CC(C)(C)NCC[C@@H](O)c1cc(C(F)(F)F)nc2c(C(F)(F)F)cccc12.O=P(O)(O)O. The molecule has 0 unspecified atom stereocenters. The lowest BCUT2D eigenvalue weighted by Crippen LogP contribution is -2.36. The van der Waals surface area contributed by atoms with Gasteiger partial charge in [0.1, 0.15) is 5.69 Å². The molecule has 5 N–H and O–H groups in total. The Labute approximate surface area is 179 Å². The van der Waals surface area contributed by atoms with Crippen molar-refractivity contribution in [2.45, 2.75) is 51.2 Å². The normalized spacial score (nSPS) is 14.2. The lowest BCUT2D eigenvalue weighted by Gasteiger charge is -2.23. The number of alkyl halides is 6. The van der Waals surface area contributed by atoms with Gasteiger partial charge in [0, 0.05) is 10.9 Å². The summed E-state index contributed by atoms with van der Waals surface area (Å²) in [6, 6.07) is 3.61. The molecule has 0 fully saturated rings. The second kappa shape index (κ2) is 10.0. The fraction of sp³-hybridized carbons (Fsp3) is 0.500.